The van der Waals surface area contributed by atoms with E-state index in [1.807, 2.05) is 13.8 Å². The maximum atomic E-state index is 12.8. The molecule has 1 aromatic carbocycles. The molecule has 2 aromatic heterocycles. The zero-order valence-corrected chi connectivity index (χ0v) is 18.0. The molecule has 33 heavy (non-hydrogen) atoms. The van der Waals surface area contributed by atoms with Gasteiger partial charge >= 0.3 is 18.2 Å². The number of hydrogen-bond acceptors (Lipinski definition) is 5. The summed E-state index contributed by atoms with van der Waals surface area (Å²) in [4.78, 5) is 7.65. The summed E-state index contributed by atoms with van der Waals surface area (Å²) in [5.74, 6) is -1.37. The summed E-state index contributed by atoms with van der Waals surface area (Å²) in [7, 11) is 0. The average molecular weight is 475 g/mol. The summed E-state index contributed by atoms with van der Waals surface area (Å²) in [5, 5.41) is 6.53. The van der Waals surface area contributed by atoms with Gasteiger partial charge in [-0.15, -0.1) is 0 Å². The summed E-state index contributed by atoms with van der Waals surface area (Å²) >= 11 is 0. The van der Waals surface area contributed by atoms with E-state index < -0.39 is 24.7 Å². The van der Waals surface area contributed by atoms with Crippen LogP contribution in [0, 0.1) is 0 Å². The van der Waals surface area contributed by atoms with Crippen LogP contribution in [0.2, 0.25) is 0 Å². The predicted octanol–water partition coefficient (Wildman–Crippen LogP) is 5.49. The summed E-state index contributed by atoms with van der Waals surface area (Å²) in [6.45, 7) is 5.23. The van der Waals surface area contributed by atoms with Crippen LogP contribution in [0.15, 0.2) is 22.7 Å². The molecule has 6 nitrogen and oxygen atoms in total. The second-order valence-electron chi connectivity index (χ2n) is 7.79. The van der Waals surface area contributed by atoms with E-state index in [0.717, 1.165) is 0 Å². The first kappa shape index (κ1) is 24.7. The Morgan fingerprint density at radius 1 is 1.09 bits per heavy atom. The van der Waals surface area contributed by atoms with Crippen LogP contribution >= 0.6 is 0 Å². The second kappa shape index (κ2) is 9.94. The van der Waals surface area contributed by atoms with Crippen molar-refractivity contribution in [3.63, 3.8) is 0 Å². The molecule has 0 atom stereocenters. The van der Waals surface area contributed by atoms with Crippen molar-refractivity contribution in [2.45, 2.75) is 58.0 Å². The van der Waals surface area contributed by atoms with Gasteiger partial charge in [-0.3, -0.25) is 0 Å². The van der Waals surface area contributed by atoms with Crippen LogP contribution in [0.5, 0.6) is 0 Å². The third-order valence-electron chi connectivity index (χ3n) is 4.70. The molecule has 1 N–H and O–H groups in total. The number of nitrogens with one attached hydrogen (secondary N) is 1. The third kappa shape index (κ3) is 7.04. The van der Waals surface area contributed by atoms with E-state index in [1.165, 1.54) is 12.2 Å². The Bertz CT molecular complexity index is 1100. The lowest BCUT2D eigenvalue weighted by Gasteiger charge is -2.12. The van der Waals surface area contributed by atoms with Crippen LogP contribution in [-0.2, 0) is 19.1 Å². The molecule has 0 amide bonds. The molecule has 0 aliphatic heterocycles. The smallest absolute Gasteiger partial charge is 0.329 e. The summed E-state index contributed by atoms with van der Waals surface area (Å²) in [6.07, 6.45) is -6.82. The summed E-state index contributed by atoms with van der Waals surface area (Å²) in [5.41, 5.74) is 1.76. The van der Waals surface area contributed by atoms with E-state index in [4.69, 9.17) is 0 Å². The predicted molar refractivity (Wildman–Crippen MR) is 110 cm³/mol. The molecule has 0 radical (unpaired) electrons. The molecule has 0 bridgehead atoms. The molecular weight excluding hydrogens is 452 g/mol. The standard InChI is InChI=1S/C21H23F6N5O/c1-13(2)28-10-3-11-32-16-6-4-14(5-7-17-30-19(33-31-17)21(25,26)27)12-15(16)29-18(32)8-9-20(22,23)24/h4-7,12-13,28H,3,8-11H2,1-2H3/b7-5+. The average Bonchev–Trinajstić information content (AvgIpc) is 3.32. The van der Waals surface area contributed by atoms with Gasteiger partial charge < -0.3 is 14.4 Å². The number of fused-ring (bicyclic) bond motifs is 1. The van der Waals surface area contributed by atoms with E-state index in [9.17, 15) is 26.3 Å². The third-order valence-corrected chi connectivity index (χ3v) is 4.70. The van der Waals surface area contributed by atoms with Crippen molar-refractivity contribution in [2.75, 3.05) is 6.54 Å². The van der Waals surface area contributed by atoms with Gasteiger partial charge in [0.2, 0.25) is 0 Å². The molecule has 2 heterocycles. The lowest BCUT2D eigenvalue weighted by atomic mass is 10.2. The second-order valence-corrected chi connectivity index (χ2v) is 7.79. The van der Waals surface area contributed by atoms with Crippen molar-refractivity contribution in [2.24, 2.45) is 0 Å². The summed E-state index contributed by atoms with van der Waals surface area (Å²) < 4.78 is 82.0. The molecule has 0 unspecified atom stereocenters. The van der Waals surface area contributed by atoms with Gasteiger partial charge in [0.25, 0.3) is 0 Å². The Hall–Kier alpha value is -2.89. The molecular formula is C21H23F6N5O. The van der Waals surface area contributed by atoms with Crippen molar-refractivity contribution in [1.82, 2.24) is 25.0 Å². The van der Waals surface area contributed by atoms with Crippen molar-refractivity contribution < 1.29 is 30.9 Å². The first-order chi connectivity index (χ1) is 15.4. The fourth-order valence-electron chi connectivity index (χ4n) is 3.21. The number of nitrogens with zero attached hydrogens (tertiary/aromatic N) is 4. The molecule has 0 aliphatic carbocycles. The zero-order chi connectivity index (χ0) is 24.2. The maximum absolute atomic E-state index is 12.8. The Morgan fingerprint density at radius 3 is 2.48 bits per heavy atom. The molecule has 12 heteroatoms. The first-order valence-electron chi connectivity index (χ1n) is 10.3. The Labute approximate surface area is 185 Å². The van der Waals surface area contributed by atoms with Gasteiger partial charge in [0, 0.05) is 19.0 Å². The quantitative estimate of drug-likeness (QED) is 0.327. The minimum atomic E-state index is -4.73. The first-order valence-corrected chi connectivity index (χ1v) is 10.3. The molecule has 0 spiro atoms. The van der Waals surface area contributed by atoms with Crippen LogP contribution in [0.4, 0.5) is 26.3 Å². The number of hydrogen-bond donors (Lipinski definition) is 1. The highest BCUT2D eigenvalue weighted by Crippen LogP contribution is 2.28. The number of imidazole rings is 1. The van der Waals surface area contributed by atoms with E-state index in [-0.39, 0.29) is 12.2 Å². The fraction of sp³-hybridized carbons (Fsp3) is 0.476. The minimum Gasteiger partial charge on any atom is -0.329 e. The van der Waals surface area contributed by atoms with Crippen molar-refractivity contribution in [3.8, 4) is 0 Å². The largest absolute Gasteiger partial charge is 0.471 e. The SMILES string of the molecule is CC(C)NCCCn1c(CCC(F)(F)F)nc2cc(/C=C/c3noc(C(F)(F)F)n3)ccc21. The van der Waals surface area contributed by atoms with E-state index in [1.54, 1.807) is 22.8 Å². The van der Waals surface area contributed by atoms with Gasteiger partial charge in [-0.2, -0.15) is 31.3 Å². The van der Waals surface area contributed by atoms with Crippen LogP contribution in [0.1, 0.15) is 49.8 Å². The maximum Gasteiger partial charge on any atom is 0.471 e. The molecule has 0 saturated carbocycles. The molecule has 0 fully saturated rings. The molecule has 3 aromatic rings. The zero-order valence-electron chi connectivity index (χ0n) is 18.0. The normalized spacial score (nSPS) is 13.1. The Kier molecular flexibility index (Phi) is 7.45. The summed E-state index contributed by atoms with van der Waals surface area (Å²) in [6, 6.07) is 5.37. The monoisotopic (exact) mass is 475 g/mol. The molecule has 0 saturated heterocycles. The van der Waals surface area contributed by atoms with Gasteiger partial charge in [-0.05, 0) is 36.7 Å². The fourth-order valence-corrected chi connectivity index (χ4v) is 3.21. The van der Waals surface area contributed by atoms with Crippen LogP contribution in [0.3, 0.4) is 0 Å². The van der Waals surface area contributed by atoms with Gasteiger partial charge in [0.1, 0.15) is 5.82 Å². The number of rotatable bonds is 9. The highest BCUT2D eigenvalue weighted by molar-refractivity contribution is 5.81. The van der Waals surface area contributed by atoms with Gasteiger partial charge in [-0.25, -0.2) is 4.98 Å². The number of aryl methyl sites for hydroxylation is 2. The van der Waals surface area contributed by atoms with Crippen molar-refractivity contribution in [3.05, 3.63) is 41.3 Å². The van der Waals surface area contributed by atoms with E-state index in [0.29, 0.717) is 48.0 Å². The highest BCUT2D eigenvalue weighted by Gasteiger charge is 2.38. The Balaban J connectivity index is 1.82. The number of halogens is 6. The number of benzene rings is 1. The number of aromatic nitrogens is 4. The van der Waals surface area contributed by atoms with Crippen LogP contribution < -0.4 is 5.32 Å². The van der Waals surface area contributed by atoms with E-state index in [2.05, 4.69) is 25.0 Å². The molecule has 180 valence electrons. The van der Waals surface area contributed by atoms with Crippen LogP contribution in [0.25, 0.3) is 23.2 Å². The van der Waals surface area contributed by atoms with Crippen LogP contribution in [-0.4, -0.2) is 38.5 Å². The van der Waals surface area contributed by atoms with Gasteiger partial charge in [0.15, 0.2) is 5.82 Å². The van der Waals surface area contributed by atoms with Crippen molar-refractivity contribution in [1.29, 1.82) is 0 Å². The molecule has 3 rings (SSSR count). The topological polar surface area (TPSA) is 68.8 Å². The minimum absolute atomic E-state index is 0.246. The number of alkyl halides is 6. The highest BCUT2D eigenvalue weighted by atomic mass is 19.4. The lowest BCUT2D eigenvalue weighted by molar-refractivity contribution is -0.159. The van der Waals surface area contributed by atoms with Gasteiger partial charge in [-0.1, -0.05) is 31.1 Å². The van der Waals surface area contributed by atoms with Gasteiger partial charge in [0.05, 0.1) is 17.5 Å². The van der Waals surface area contributed by atoms with E-state index >= 15 is 0 Å². The Morgan fingerprint density at radius 2 is 1.85 bits per heavy atom. The molecule has 0 aliphatic rings. The van der Waals surface area contributed by atoms with Crippen molar-refractivity contribution >= 4 is 23.2 Å². The lowest BCUT2D eigenvalue weighted by Crippen LogP contribution is -2.24.